The Bertz CT molecular complexity index is 1160. The standard InChI is InChI=1S/C24H23N5O4/c1-4-22(30)29(3)18-9-5-16(6-10-18)27-24(32)28-17-7-11-19(12-8-17)33-20-13-14-26-21(15-20)23(31)25-2/h4-15H,1H2,2-3H3,(H,25,31)(H2,27,28,32). The fourth-order valence-corrected chi connectivity index (χ4v) is 2.80. The molecule has 168 valence electrons. The van der Waals surface area contributed by atoms with Crippen molar-refractivity contribution in [1.29, 1.82) is 0 Å². The Kier molecular flexibility index (Phi) is 7.38. The van der Waals surface area contributed by atoms with Crippen LogP contribution in [0.5, 0.6) is 11.5 Å². The molecule has 9 heteroatoms. The lowest BCUT2D eigenvalue weighted by Gasteiger charge is -2.15. The van der Waals surface area contributed by atoms with Crippen LogP contribution in [-0.4, -0.2) is 36.9 Å². The van der Waals surface area contributed by atoms with E-state index in [-0.39, 0.29) is 17.5 Å². The number of hydrogen-bond donors (Lipinski definition) is 3. The smallest absolute Gasteiger partial charge is 0.323 e. The summed E-state index contributed by atoms with van der Waals surface area (Å²) in [5.74, 6) is 0.462. The monoisotopic (exact) mass is 445 g/mol. The first-order valence-electron chi connectivity index (χ1n) is 9.94. The Balaban J connectivity index is 1.56. The van der Waals surface area contributed by atoms with Gasteiger partial charge < -0.3 is 25.6 Å². The lowest BCUT2D eigenvalue weighted by molar-refractivity contribution is -0.113. The van der Waals surface area contributed by atoms with Crippen LogP contribution in [0.25, 0.3) is 0 Å². The van der Waals surface area contributed by atoms with Crippen molar-refractivity contribution in [2.45, 2.75) is 0 Å². The second kappa shape index (κ2) is 10.6. The molecule has 0 spiro atoms. The van der Waals surface area contributed by atoms with Crippen molar-refractivity contribution >= 4 is 34.9 Å². The number of hydrogen-bond acceptors (Lipinski definition) is 5. The van der Waals surface area contributed by atoms with E-state index in [0.717, 1.165) is 0 Å². The van der Waals surface area contributed by atoms with E-state index in [2.05, 4.69) is 27.5 Å². The maximum absolute atomic E-state index is 12.3. The van der Waals surface area contributed by atoms with E-state index in [9.17, 15) is 14.4 Å². The molecule has 3 rings (SSSR count). The lowest BCUT2D eigenvalue weighted by atomic mass is 10.2. The molecule has 0 radical (unpaired) electrons. The molecule has 3 aromatic rings. The van der Waals surface area contributed by atoms with Crippen LogP contribution in [0.15, 0.2) is 79.5 Å². The molecular weight excluding hydrogens is 422 g/mol. The molecule has 0 bridgehead atoms. The van der Waals surface area contributed by atoms with Gasteiger partial charge in [-0.15, -0.1) is 0 Å². The summed E-state index contributed by atoms with van der Waals surface area (Å²) in [5.41, 5.74) is 2.06. The molecule has 4 amide bonds. The molecule has 1 aromatic heterocycles. The minimum Gasteiger partial charge on any atom is -0.457 e. The molecule has 2 aromatic carbocycles. The second-order valence-corrected chi connectivity index (χ2v) is 6.81. The number of carbonyl (C=O) groups is 3. The Morgan fingerprint density at radius 3 is 2.12 bits per heavy atom. The van der Waals surface area contributed by atoms with Gasteiger partial charge in [-0.25, -0.2) is 4.79 Å². The van der Waals surface area contributed by atoms with Crippen molar-refractivity contribution in [3.63, 3.8) is 0 Å². The predicted molar refractivity (Wildman–Crippen MR) is 127 cm³/mol. The zero-order valence-electron chi connectivity index (χ0n) is 18.2. The fourth-order valence-electron chi connectivity index (χ4n) is 2.80. The number of nitrogens with one attached hydrogen (secondary N) is 3. The highest BCUT2D eigenvalue weighted by Gasteiger charge is 2.09. The van der Waals surface area contributed by atoms with Crippen LogP contribution in [0, 0.1) is 0 Å². The van der Waals surface area contributed by atoms with E-state index in [4.69, 9.17) is 4.74 Å². The molecule has 1 heterocycles. The van der Waals surface area contributed by atoms with E-state index in [0.29, 0.717) is 28.6 Å². The summed E-state index contributed by atoms with van der Waals surface area (Å²) in [6.07, 6.45) is 2.72. The third-order valence-corrected chi connectivity index (χ3v) is 4.56. The Morgan fingerprint density at radius 2 is 1.55 bits per heavy atom. The van der Waals surface area contributed by atoms with E-state index >= 15 is 0 Å². The highest BCUT2D eigenvalue weighted by molar-refractivity contribution is 6.02. The number of likely N-dealkylation sites (N-methyl/N-ethyl adjacent to an activating group) is 1. The third-order valence-electron chi connectivity index (χ3n) is 4.56. The van der Waals surface area contributed by atoms with E-state index in [1.807, 2.05) is 0 Å². The van der Waals surface area contributed by atoms with E-state index < -0.39 is 6.03 Å². The van der Waals surface area contributed by atoms with E-state index in [1.165, 1.54) is 30.3 Å². The number of carbonyl (C=O) groups excluding carboxylic acids is 3. The average Bonchev–Trinajstić information content (AvgIpc) is 2.84. The van der Waals surface area contributed by atoms with Gasteiger partial charge in [-0.05, 0) is 60.7 Å². The molecule has 0 saturated heterocycles. The molecule has 0 aliphatic rings. The first kappa shape index (κ1) is 23.0. The van der Waals surface area contributed by atoms with Gasteiger partial charge in [0.2, 0.25) is 5.91 Å². The van der Waals surface area contributed by atoms with Gasteiger partial charge in [0.25, 0.3) is 5.91 Å². The van der Waals surface area contributed by atoms with Gasteiger partial charge in [-0.3, -0.25) is 14.6 Å². The van der Waals surface area contributed by atoms with Gasteiger partial charge in [0, 0.05) is 43.4 Å². The third kappa shape index (κ3) is 6.17. The largest absolute Gasteiger partial charge is 0.457 e. The molecule has 33 heavy (non-hydrogen) atoms. The molecule has 0 aliphatic carbocycles. The van der Waals surface area contributed by atoms with Crippen molar-refractivity contribution in [1.82, 2.24) is 10.3 Å². The quantitative estimate of drug-likeness (QED) is 0.476. The maximum Gasteiger partial charge on any atom is 0.323 e. The summed E-state index contributed by atoms with van der Waals surface area (Å²) in [5, 5.41) is 7.97. The Labute approximate surface area is 191 Å². The minimum atomic E-state index is -0.420. The summed E-state index contributed by atoms with van der Waals surface area (Å²) >= 11 is 0. The van der Waals surface area contributed by atoms with Crippen molar-refractivity contribution < 1.29 is 19.1 Å². The van der Waals surface area contributed by atoms with Crippen LogP contribution in [0.3, 0.4) is 0 Å². The number of anilines is 3. The number of pyridine rings is 1. The maximum atomic E-state index is 12.3. The number of aromatic nitrogens is 1. The molecule has 3 N–H and O–H groups in total. The molecule has 0 aliphatic heterocycles. The number of nitrogens with zero attached hydrogens (tertiary/aromatic N) is 2. The molecular formula is C24H23N5O4. The van der Waals surface area contributed by atoms with Crippen LogP contribution in [0.2, 0.25) is 0 Å². The van der Waals surface area contributed by atoms with Gasteiger partial charge >= 0.3 is 6.03 Å². The van der Waals surface area contributed by atoms with Crippen LogP contribution in [0.4, 0.5) is 21.9 Å². The van der Waals surface area contributed by atoms with Gasteiger partial charge in [-0.2, -0.15) is 0 Å². The fraction of sp³-hybridized carbons (Fsp3) is 0.0833. The number of benzene rings is 2. The number of ether oxygens (including phenoxy) is 1. The van der Waals surface area contributed by atoms with Crippen molar-refractivity contribution in [2.24, 2.45) is 0 Å². The van der Waals surface area contributed by atoms with Crippen molar-refractivity contribution in [2.75, 3.05) is 29.6 Å². The first-order valence-corrected chi connectivity index (χ1v) is 9.94. The Morgan fingerprint density at radius 1 is 0.939 bits per heavy atom. The van der Waals surface area contributed by atoms with Gasteiger partial charge in [0.15, 0.2) is 0 Å². The zero-order chi connectivity index (χ0) is 23.8. The van der Waals surface area contributed by atoms with Crippen LogP contribution < -0.4 is 25.6 Å². The number of rotatable bonds is 7. The van der Waals surface area contributed by atoms with Crippen molar-refractivity contribution in [3.05, 3.63) is 85.2 Å². The molecule has 9 nitrogen and oxygen atoms in total. The summed E-state index contributed by atoms with van der Waals surface area (Å²) in [7, 11) is 3.17. The predicted octanol–water partition coefficient (Wildman–Crippen LogP) is 4.03. The molecule has 0 saturated carbocycles. The SMILES string of the molecule is C=CC(=O)N(C)c1ccc(NC(=O)Nc2ccc(Oc3ccnc(C(=O)NC)c3)cc2)cc1. The molecule has 0 atom stereocenters. The van der Waals surface area contributed by atoms with Crippen molar-refractivity contribution in [3.8, 4) is 11.5 Å². The number of urea groups is 1. The van der Waals surface area contributed by atoms with Gasteiger partial charge in [0.05, 0.1) is 0 Å². The van der Waals surface area contributed by atoms with E-state index in [1.54, 1.807) is 61.6 Å². The second-order valence-electron chi connectivity index (χ2n) is 6.81. The summed E-state index contributed by atoms with van der Waals surface area (Å²) < 4.78 is 5.74. The topological polar surface area (TPSA) is 113 Å². The van der Waals surface area contributed by atoms with Gasteiger partial charge in [0.1, 0.15) is 17.2 Å². The zero-order valence-corrected chi connectivity index (χ0v) is 18.2. The average molecular weight is 445 g/mol. The van der Waals surface area contributed by atoms with Crippen LogP contribution >= 0.6 is 0 Å². The lowest BCUT2D eigenvalue weighted by Crippen LogP contribution is -2.23. The van der Waals surface area contributed by atoms with Gasteiger partial charge in [-0.1, -0.05) is 6.58 Å². The highest BCUT2D eigenvalue weighted by Crippen LogP contribution is 2.23. The Hall–Kier alpha value is -4.66. The first-order chi connectivity index (χ1) is 15.9. The highest BCUT2D eigenvalue weighted by atomic mass is 16.5. The minimum absolute atomic E-state index is 0.225. The number of amides is 4. The summed E-state index contributed by atoms with van der Waals surface area (Å²) in [6.45, 7) is 3.46. The van der Waals surface area contributed by atoms with Crippen LogP contribution in [0.1, 0.15) is 10.5 Å². The van der Waals surface area contributed by atoms with Crippen LogP contribution in [-0.2, 0) is 4.79 Å². The summed E-state index contributed by atoms with van der Waals surface area (Å²) in [6, 6.07) is 16.3. The summed E-state index contributed by atoms with van der Waals surface area (Å²) in [4.78, 5) is 41.1. The normalized spacial score (nSPS) is 10.0. The molecule has 0 unspecified atom stereocenters. The molecule has 0 fully saturated rings.